The Morgan fingerprint density at radius 3 is 2.50 bits per heavy atom. The van der Waals surface area contributed by atoms with Gasteiger partial charge in [0.05, 0.1) is 0 Å². The summed E-state index contributed by atoms with van der Waals surface area (Å²) in [6.07, 6.45) is 3.33. The van der Waals surface area contributed by atoms with Crippen molar-refractivity contribution in [3.63, 3.8) is 0 Å². The molecule has 0 spiro atoms. The number of hydrogen-bond donors (Lipinski definition) is 4. The minimum atomic E-state index is -1.31. The fourth-order valence-electron chi connectivity index (χ4n) is 4.85. The van der Waals surface area contributed by atoms with Gasteiger partial charge in [-0.2, -0.15) is 0 Å². The molecule has 0 bridgehead atoms. The van der Waals surface area contributed by atoms with Crippen molar-refractivity contribution >= 4 is 23.5 Å². The Hall–Kier alpha value is -1.87. The van der Waals surface area contributed by atoms with Crippen LogP contribution in [-0.4, -0.2) is 68.3 Å². The molecule has 2 aromatic rings. The van der Waals surface area contributed by atoms with E-state index in [2.05, 4.69) is 37.1 Å². The highest BCUT2D eigenvalue weighted by Gasteiger charge is 2.43. The molecule has 2 aliphatic rings. The monoisotopic (exact) mass is 434 g/mol. The molecule has 0 radical (unpaired) electrons. The molecule has 2 atom stereocenters. The second kappa shape index (κ2) is 8.70. The zero-order valence-electron chi connectivity index (χ0n) is 17.3. The highest BCUT2D eigenvalue weighted by molar-refractivity contribution is 6.30. The van der Waals surface area contributed by atoms with Crippen molar-refractivity contribution in [1.82, 2.24) is 20.1 Å². The standard InChI is InChI=1S/C21H31ClN6O2/c1-21(18(29)30)9-6-17(12-14-2-4-15(22)5-3-14)28(13-21)16-7-10-27(11-8-16)20-24-19(23)25-26-20/h2-5,16-18,29-30H,6-13H2,1H3,(H3,23,24,25,26)/t17-,21?/m1/s1. The van der Waals surface area contributed by atoms with E-state index in [0.29, 0.717) is 24.6 Å². The Kier molecular flexibility index (Phi) is 6.20. The molecule has 164 valence electrons. The average Bonchev–Trinajstić information content (AvgIpc) is 3.17. The van der Waals surface area contributed by atoms with Crippen LogP contribution in [0.4, 0.5) is 11.9 Å². The van der Waals surface area contributed by atoms with E-state index in [4.69, 9.17) is 17.3 Å². The summed E-state index contributed by atoms with van der Waals surface area (Å²) in [5, 5.41) is 28.8. The number of rotatable bonds is 5. The van der Waals surface area contributed by atoms with Crippen molar-refractivity contribution in [3.8, 4) is 0 Å². The van der Waals surface area contributed by atoms with E-state index in [0.717, 1.165) is 56.2 Å². The van der Waals surface area contributed by atoms with Crippen molar-refractivity contribution < 1.29 is 10.2 Å². The van der Waals surface area contributed by atoms with Gasteiger partial charge < -0.3 is 20.8 Å². The first-order chi connectivity index (χ1) is 14.3. The summed E-state index contributed by atoms with van der Waals surface area (Å²) in [6, 6.07) is 8.81. The summed E-state index contributed by atoms with van der Waals surface area (Å²) in [7, 11) is 0. The first-order valence-electron chi connectivity index (χ1n) is 10.6. The molecule has 0 amide bonds. The largest absolute Gasteiger partial charge is 0.368 e. The van der Waals surface area contributed by atoms with E-state index >= 15 is 0 Å². The molecule has 1 unspecified atom stereocenters. The van der Waals surface area contributed by atoms with Crippen LogP contribution in [0.1, 0.15) is 38.2 Å². The Morgan fingerprint density at radius 2 is 1.90 bits per heavy atom. The number of halogens is 1. The Bertz CT molecular complexity index is 836. The first kappa shape index (κ1) is 21.4. The number of anilines is 2. The third-order valence-electron chi connectivity index (χ3n) is 6.79. The SMILES string of the molecule is CC1(C(O)O)CC[C@H](Cc2ccc(Cl)cc2)N(C2CCN(c3nnc(N)[nH]3)CC2)C1. The smallest absolute Gasteiger partial charge is 0.226 e. The van der Waals surface area contributed by atoms with Crippen LogP contribution < -0.4 is 10.6 Å². The van der Waals surface area contributed by atoms with Gasteiger partial charge in [-0.05, 0) is 49.8 Å². The summed E-state index contributed by atoms with van der Waals surface area (Å²) in [5.74, 6) is 1.05. The quantitative estimate of drug-likeness (QED) is 0.532. The number of nitrogens with one attached hydrogen (secondary N) is 1. The number of aliphatic hydroxyl groups excluding tert-OH is 1. The molecule has 2 saturated heterocycles. The van der Waals surface area contributed by atoms with Crippen LogP contribution in [0.25, 0.3) is 0 Å². The van der Waals surface area contributed by atoms with Crippen molar-refractivity contribution in [2.24, 2.45) is 5.41 Å². The van der Waals surface area contributed by atoms with Crippen molar-refractivity contribution in [2.75, 3.05) is 30.3 Å². The number of aromatic amines is 1. The summed E-state index contributed by atoms with van der Waals surface area (Å²) in [5.41, 5.74) is 6.42. The highest BCUT2D eigenvalue weighted by atomic mass is 35.5. The molecular formula is C21H31ClN6O2. The topological polar surface area (TPSA) is 115 Å². The zero-order valence-corrected chi connectivity index (χ0v) is 18.1. The van der Waals surface area contributed by atoms with Gasteiger partial charge in [0.25, 0.3) is 0 Å². The summed E-state index contributed by atoms with van der Waals surface area (Å²) in [4.78, 5) is 7.70. The molecular weight excluding hydrogens is 404 g/mol. The van der Waals surface area contributed by atoms with Crippen LogP contribution in [0.2, 0.25) is 5.02 Å². The molecule has 2 aliphatic heterocycles. The van der Waals surface area contributed by atoms with Crippen LogP contribution in [-0.2, 0) is 6.42 Å². The number of hydrogen-bond acceptors (Lipinski definition) is 7. The minimum Gasteiger partial charge on any atom is -0.368 e. The van der Waals surface area contributed by atoms with E-state index in [1.54, 1.807) is 0 Å². The van der Waals surface area contributed by atoms with Crippen LogP contribution in [0.3, 0.4) is 0 Å². The number of aromatic nitrogens is 3. The van der Waals surface area contributed by atoms with Crippen LogP contribution >= 0.6 is 11.6 Å². The number of nitrogens with zero attached hydrogens (tertiary/aromatic N) is 4. The van der Waals surface area contributed by atoms with Crippen LogP contribution in [0.15, 0.2) is 24.3 Å². The lowest BCUT2D eigenvalue weighted by atomic mass is 9.76. The lowest BCUT2D eigenvalue weighted by Gasteiger charge is -2.51. The van der Waals surface area contributed by atoms with Gasteiger partial charge in [0.15, 0.2) is 6.29 Å². The molecule has 30 heavy (non-hydrogen) atoms. The van der Waals surface area contributed by atoms with Gasteiger partial charge in [0.2, 0.25) is 11.9 Å². The highest BCUT2D eigenvalue weighted by Crippen LogP contribution is 2.38. The Balaban J connectivity index is 1.47. The zero-order chi connectivity index (χ0) is 21.3. The van der Waals surface area contributed by atoms with E-state index < -0.39 is 11.7 Å². The number of likely N-dealkylation sites (tertiary alicyclic amines) is 1. The summed E-state index contributed by atoms with van der Waals surface area (Å²) < 4.78 is 0. The molecule has 3 heterocycles. The minimum absolute atomic E-state index is 0.332. The third kappa shape index (κ3) is 4.56. The predicted octanol–water partition coefficient (Wildman–Crippen LogP) is 2.03. The van der Waals surface area contributed by atoms with Crippen LogP contribution in [0, 0.1) is 5.41 Å². The van der Waals surface area contributed by atoms with Gasteiger partial charge in [-0.3, -0.25) is 9.88 Å². The second-order valence-corrected chi connectivity index (χ2v) is 9.41. The number of nitrogens with two attached hydrogens (primary N) is 1. The lowest BCUT2D eigenvalue weighted by molar-refractivity contribution is -0.161. The van der Waals surface area contributed by atoms with Gasteiger partial charge >= 0.3 is 0 Å². The van der Waals surface area contributed by atoms with Gasteiger partial charge in [-0.15, -0.1) is 10.2 Å². The van der Waals surface area contributed by atoms with Crippen molar-refractivity contribution in [1.29, 1.82) is 0 Å². The van der Waals surface area contributed by atoms with E-state index in [-0.39, 0.29) is 0 Å². The molecule has 0 aliphatic carbocycles. The van der Waals surface area contributed by atoms with Crippen molar-refractivity contribution in [2.45, 2.75) is 57.4 Å². The van der Waals surface area contributed by atoms with Gasteiger partial charge in [-0.25, -0.2) is 0 Å². The molecule has 2 fully saturated rings. The molecule has 1 aromatic carbocycles. The maximum Gasteiger partial charge on any atom is 0.226 e. The number of benzene rings is 1. The molecule has 5 N–H and O–H groups in total. The van der Waals surface area contributed by atoms with Gasteiger partial charge in [-0.1, -0.05) is 30.7 Å². The summed E-state index contributed by atoms with van der Waals surface area (Å²) in [6.45, 7) is 4.39. The summed E-state index contributed by atoms with van der Waals surface area (Å²) >= 11 is 6.05. The fourth-order valence-corrected chi connectivity index (χ4v) is 4.98. The van der Waals surface area contributed by atoms with Crippen LogP contribution in [0.5, 0.6) is 0 Å². The lowest BCUT2D eigenvalue weighted by Crippen LogP contribution is -2.58. The molecule has 9 heteroatoms. The Morgan fingerprint density at radius 1 is 1.20 bits per heavy atom. The normalized spacial score (nSPS) is 26.4. The van der Waals surface area contributed by atoms with Crippen molar-refractivity contribution in [3.05, 3.63) is 34.9 Å². The molecule has 8 nitrogen and oxygen atoms in total. The molecule has 1 aromatic heterocycles. The maximum absolute atomic E-state index is 10.0. The predicted molar refractivity (Wildman–Crippen MR) is 117 cm³/mol. The average molecular weight is 435 g/mol. The number of nitrogen functional groups attached to an aromatic ring is 1. The number of aliphatic hydroxyl groups is 2. The third-order valence-corrected chi connectivity index (χ3v) is 7.05. The van der Waals surface area contributed by atoms with Gasteiger partial charge in [0.1, 0.15) is 0 Å². The first-order valence-corrected chi connectivity index (χ1v) is 11.0. The fraction of sp³-hybridized carbons (Fsp3) is 0.619. The maximum atomic E-state index is 10.0. The van der Waals surface area contributed by atoms with Gasteiger partial charge in [0, 0.05) is 42.2 Å². The number of H-pyrrole nitrogens is 1. The molecule has 4 rings (SSSR count). The second-order valence-electron chi connectivity index (χ2n) is 8.98. The Labute approximate surface area is 182 Å². The van der Waals surface area contributed by atoms with E-state index in [1.165, 1.54) is 5.56 Å². The van der Waals surface area contributed by atoms with E-state index in [9.17, 15) is 10.2 Å². The number of piperidine rings is 2. The molecule has 0 saturated carbocycles. The van der Waals surface area contributed by atoms with E-state index in [1.807, 2.05) is 19.1 Å².